The number of fused-ring (bicyclic) bond motifs is 1. The predicted molar refractivity (Wildman–Crippen MR) is 147 cm³/mol. The van der Waals surface area contributed by atoms with Gasteiger partial charge in [0.25, 0.3) is 5.91 Å². The monoisotopic (exact) mass is 560 g/mol. The summed E-state index contributed by atoms with van der Waals surface area (Å²) in [5.74, 6) is 0.441. The molecule has 5 aromatic rings. The Kier molecular flexibility index (Phi) is 6.57. The van der Waals surface area contributed by atoms with E-state index in [1.54, 1.807) is 41.3 Å². The molecule has 1 aliphatic rings. The van der Waals surface area contributed by atoms with Crippen LogP contribution in [0.4, 0.5) is 0 Å². The first-order chi connectivity index (χ1) is 18.9. The van der Waals surface area contributed by atoms with Gasteiger partial charge in [0.1, 0.15) is 22.7 Å². The number of hydrogen-bond donors (Lipinski definition) is 0. The van der Waals surface area contributed by atoms with Gasteiger partial charge in [0.15, 0.2) is 15.5 Å². The standard InChI is InChI=1S/C27H24N6O4S2/c1-39(35,36)20-7-5-18(6-8-20)33-25-22(16-31-33)26(30-17-29-25)37-19-9-13-32(14-10-19)27(34)24-21(11-15-38-24)23-4-2-3-12-28-23/h2-8,11-12,15-17,19H,9-10,13-14H2,1H3. The molecule has 0 radical (unpaired) electrons. The van der Waals surface area contributed by atoms with Crippen LogP contribution in [0.3, 0.4) is 0 Å². The van der Waals surface area contributed by atoms with E-state index in [2.05, 4.69) is 20.1 Å². The summed E-state index contributed by atoms with van der Waals surface area (Å²) in [5.41, 5.74) is 2.88. The Bertz CT molecular complexity index is 1740. The average molecular weight is 561 g/mol. The molecule has 1 saturated heterocycles. The molecule has 1 aliphatic heterocycles. The molecule has 0 spiro atoms. The number of carbonyl (C=O) groups is 1. The number of ether oxygens (including phenoxy) is 1. The van der Waals surface area contributed by atoms with Crippen LogP contribution < -0.4 is 4.74 Å². The van der Waals surface area contributed by atoms with Gasteiger partial charge in [-0.2, -0.15) is 5.10 Å². The summed E-state index contributed by atoms with van der Waals surface area (Å²) in [5, 5.41) is 7.01. The Labute approximate surface area is 228 Å². The highest BCUT2D eigenvalue weighted by Crippen LogP contribution is 2.30. The molecule has 1 fully saturated rings. The van der Waals surface area contributed by atoms with Gasteiger partial charge >= 0.3 is 0 Å². The van der Waals surface area contributed by atoms with E-state index in [-0.39, 0.29) is 16.9 Å². The lowest BCUT2D eigenvalue weighted by atomic mass is 10.1. The van der Waals surface area contributed by atoms with Gasteiger partial charge in [-0.3, -0.25) is 9.78 Å². The average Bonchev–Trinajstić information content (AvgIpc) is 3.62. The minimum Gasteiger partial charge on any atom is -0.474 e. The fraction of sp³-hybridized carbons (Fsp3) is 0.222. The van der Waals surface area contributed by atoms with E-state index in [9.17, 15) is 13.2 Å². The second kappa shape index (κ2) is 10.2. The molecule has 39 heavy (non-hydrogen) atoms. The molecular formula is C27H24N6O4S2. The molecule has 0 bridgehead atoms. The Morgan fingerprint density at radius 1 is 1.03 bits per heavy atom. The fourth-order valence-corrected chi connectivity index (χ4v) is 6.12. The molecule has 5 heterocycles. The summed E-state index contributed by atoms with van der Waals surface area (Å²) >= 11 is 1.43. The summed E-state index contributed by atoms with van der Waals surface area (Å²) in [7, 11) is -3.29. The second-order valence-electron chi connectivity index (χ2n) is 9.23. The lowest BCUT2D eigenvalue weighted by Crippen LogP contribution is -2.41. The smallest absolute Gasteiger partial charge is 0.264 e. The quantitative estimate of drug-likeness (QED) is 0.305. The van der Waals surface area contributed by atoms with Gasteiger partial charge in [-0.25, -0.2) is 23.1 Å². The zero-order valence-electron chi connectivity index (χ0n) is 21.0. The molecule has 0 atom stereocenters. The largest absolute Gasteiger partial charge is 0.474 e. The third-order valence-corrected chi connectivity index (χ3v) is 8.68. The van der Waals surface area contributed by atoms with Crippen LogP contribution in [0.15, 0.2) is 77.5 Å². The highest BCUT2D eigenvalue weighted by atomic mass is 32.2. The van der Waals surface area contributed by atoms with Crippen molar-refractivity contribution in [3.63, 3.8) is 0 Å². The van der Waals surface area contributed by atoms with E-state index in [0.717, 1.165) is 11.3 Å². The number of thiophene rings is 1. The maximum atomic E-state index is 13.3. The van der Waals surface area contributed by atoms with Crippen LogP contribution in [0.1, 0.15) is 22.5 Å². The van der Waals surface area contributed by atoms with Crippen molar-refractivity contribution < 1.29 is 17.9 Å². The molecule has 0 N–H and O–H groups in total. The summed E-state index contributed by atoms with van der Waals surface area (Å²) in [6.45, 7) is 1.15. The topological polar surface area (TPSA) is 120 Å². The van der Waals surface area contributed by atoms with Crippen molar-refractivity contribution in [1.82, 2.24) is 29.6 Å². The summed E-state index contributed by atoms with van der Waals surface area (Å²) in [6, 6.07) is 14.1. The molecule has 0 aliphatic carbocycles. The molecule has 6 rings (SSSR count). The van der Waals surface area contributed by atoms with E-state index < -0.39 is 9.84 Å². The van der Waals surface area contributed by atoms with Gasteiger partial charge in [-0.05, 0) is 47.8 Å². The van der Waals surface area contributed by atoms with E-state index in [4.69, 9.17) is 4.74 Å². The van der Waals surface area contributed by atoms with Crippen LogP contribution in [0.5, 0.6) is 5.88 Å². The second-order valence-corrected chi connectivity index (χ2v) is 12.2. The van der Waals surface area contributed by atoms with Crippen LogP contribution in [0, 0.1) is 0 Å². The lowest BCUT2D eigenvalue weighted by molar-refractivity contribution is 0.0595. The van der Waals surface area contributed by atoms with Crippen LogP contribution in [0.2, 0.25) is 0 Å². The Morgan fingerprint density at radius 3 is 2.54 bits per heavy atom. The molecule has 1 aromatic carbocycles. The third kappa shape index (κ3) is 5.00. The molecule has 0 unspecified atom stereocenters. The molecule has 4 aromatic heterocycles. The molecule has 0 saturated carbocycles. The summed E-state index contributed by atoms with van der Waals surface area (Å²) in [6.07, 6.45) is 7.20. The van der Waals surface area contributed by atoms with Crippen molar-refractivity contribution in [2.24, 2.45) is 0 Å². The highest BCUT2D eigenvalue weighted by molar-refractivity contribution is 7.90. The number of aromatic nitrogens is 5. The Hall–Kier alpha value is -4.16. The highest BCUT2D eigenvalue weighted by Gasteiger charge is 2.28. The zero-order chi connectivity index (χ0) is 27.0. The number of nitrogens with zero attached hydrogens (tertiary/aromatic N) is 6. The van der Waals surface area contributed by atoms with Crippen molar-refractivity contribution in [2.75, 3.05) is 19.3 Å². The number of pyridine rings is 1. The first-order valence-electron chi connectivity index (χ1n) is 12.3. The van der Waals surface area contributed by atoms with E-state index >= 15 is 0 Å². The minimum atomic E-state index is -3.29. The SMILES string of the molecule is CS(=O)(=O)c1ccc(-n2ncc3c(OC4CCN(C(=O)c5sccc5-c5ccccn5)CC4)ncnc32)cc1. The number of carbonyl (C=O) groups excluding carboxylic acids is 1. The van der Waals surface area contributed by atoms with Gasteiger partial charge in [0.2, 0.25) is 5.88 Å². The number of rotatable bonds is 6. The van der Waals surface area contributed by atoms with Gasteiger partial charge in [0.05, 0.1) is 22.5 Å². The summed E-state index contributed by atoms with van der Waals surface area (Å²) in [4.78, 5) is 29.2. The van der Waals surface area contributed by atoms with Crippen LogP contribution >= 0.6 is 11.3 Å². The first kappa shape index (κ1) is 25.1. The van der Waals surface area contributed by atoms with E-state index in [1.807, 2.05) is 34.5 Å². The van der Waals surface area contributed by atoms with Crippen LogP contribution in [-0.4, -0.2) is 69.4 Å². The van der Waals surface area contributed by atoms with Crippen molar-refractivity contribution in [1.29, 1.82) is 0 Å². The normalized spacial score (nSPS) is 14.5. The summed E-state index contributed by atoms with van der Waals surface area (Å²) < 4.78 is 31.5. The molecule has 198 valence electrons. The maximum absolute atomic E-state index is 13.3. The Morgan fingerprint density at radius 2 is 1.82 bits per heavy atom. The van der Waals surface area contributed by atoms with Gasteiger partial charge in [-0.15, -0.1) is 11.3 Å². The molecule has 1 amide bonds. The van der Waals surface area contributed by atoms with Crippen molar-refractivity contribution in [3.8, 4) is 22.8 Å². The number of benzene rings is 1. The third-order valence-electron chi connectivity index (χ3n) is 6.65. The van der Waals surface area contributed by atoms with Crippen LogP contribution in [-0.2, 0) is 9.84 Å². The minimum absolute atomic E-state index is 0.0108. The zero-order valence-corrected chi connectivity index (χ0v) is 22.6. The number of sulfone groups is 1. The number of piperidine rings is 1. The van der Waals surface area contributed by atoms with Gasteiger partial charge < -0.3 is 9.64 Å². The Balaban J connectivity index is 1.15. The van der Waals surface area contributed by atoms with Crippen molar-refractivity contribution in [3.05, 3.63) is 77.5 Å². The van der Waals surface area contributed by atoms with Crippen LogP contribution in [0.25, 0.3) is 28.0 Å². The predicted octanol–water partition coefficient (Wildman–Crippen LogP) is 4.03. The van der Waals surface area contributed by atoms with Gasteiger partial charge in [-0.1, -0.05) is 6.07 Å². The molecule has 12 heteroatoms. The number of likely N-dealkylation sites (tertiary alicyclic amines) is 1. The number of amides is 1. The van der Waals surface area contributed by atoms with Gasteiger partial charge in [0, 0.05) is 43.9 Å². The van der Waals surface area contributed by atoms with E-state index in [1.165, 1.54) is 23.9 Å². The lowest BCUT2D eigenvalue weighted by Gasteiger charge is -2.32. The maximum Gasteiger partial charge on any atom is 0.264 e. The van der Waals surface area contributed by atoms with E-state index in [0.29, 0.717) is 53.4 Å². The van der Waals surface area contributed by atoms with Crippen molar-refractivity contribution in [2.45, 2.75) is 23.8 Å². The fourth-order valence-electron chi connectivity index (χ4n) is 4.62. The molecule has 10 nitrogen and oxygen atoms in total. The van der Waals surface area contributed by atoms with Crippen molar-refractivity contribution >= 4 is 38.1 Å². The number of hydrogen-bond acceptors (Lipinski definition) is 9. The first-order valence-corrected chi connectivity index (χ1v) is 15.1. The molecular weight excluding hydrogens is 536 g/mol.